The molecule has 0 radical (unpaired) electrons. The van der Waals surface area contributed by atoms with Crippen LogP contribution in [-0.2, 0) is 14.8 Å². The van der Waals surface area contributed by atoms with Gasteiger partial charge in [0.25, 0.3) is 0 Å². The number of rotatable bonds is 7. The first-order valence-electron chi connectivity index (χ1n) is 7.72. The Labute approximate surface area is 122 Å². The lowest BCUT2D eigenvalue weighted by Gasteiger charge is -2.37. The molecule has 2 fully saturated rings. The van der Waals surface area contributed by atoms with Gasteiger partial charge in [-0.1, -0.05) is 12.8 Å². The van der Waals surface area contributed by atoms with Crippen molar-refractivity contribution in [2.45, 2.75) is 38.5 Å². The molecule has 1 heterocycles. The zero-order chi connectivity index (χ0) is 14.5. The van der Waals surface area contributed by atoms with Crippen molar-refractivity contribution in [1.29, 1.82) is 0 Å². The van der Waals surface area contributed by atoms with Gasteiger partial charge in [-0.15, -0.1) is 0 Å². The van der Waals surface area contributed by atoms with Crippen LogP contribution in [0.25, 0.3) is 0 Å². The van der Waals surface area contributed by atoms with Gasteiger partial charge in [-0.2, -0.15) is 0 Å². The van der Waals surface area contributed by atoms with Gasteiger partial charge in [-0.25, -0.2) is 13.1 Å². The maximum atomic E-state index is 12.2. The molecule has 0 aromatic heterocycles. The average molecular weight is 304 g/mol. The van der Waals surface area contributed by atoms with Crippen molar-refractivity contribution >= 4 is 10.0 Å². The first kappa shape index (κ1) is 16.2. The first-order chi connectivity index (χ1) is 9.55. The number of methoxy groups -OCH3 is 1. The summed E-state index contributed by atoms with van der Waals surface area (Å²) in [5.74, 6) is 0.660. The van der Waals surface area contributed by atoms with E-state index in [9.17, 15) is 8.42 Å². The van der Waals surface area contributed by atoms with Crippen molar-refractivity contribution in [2.24, 2.45) is 11.3 Å². The van der Waals surface area contributed by atoms with Crippen LogP contribution < -0.4 is 10.0 Å². The molecule has 6 heteroatoms. The van der Waals surface area contributed by atoms with Gasteiger partial charge in [0.2, 0.25) is 10.0 Å². The fraction of sp³-hybridized carbons (Fsp3) is 1.00. The van der Waals surface area contributed by atoms with Gasteiger partial charge < -0.3 is 10.1 Å². The Kier molecular flexibility index (Phi) is 5.84. The second-order valence-corrected chi connectivity index (χ2v) is 8.29. The summed E-state index contributed by atoms with van der Waals surface area (Å²) in [7, 11) is -1.46. The summed E-state index contributed by atoms with van der Waals surface area (Å²) in [5, 5.41) is 3.32. The van der Waals surface area contributed by atoms with Crippen molar-refractivity contribution in [1.82, 2.24) is 10.0 Å². The van der Waals surface area contributed by atoms with Crippen LogP contribution in [0.5, 0.6) is 0 Å². The smallest absolute Gasteiger partial charge is 0.211 e. The van der Waals surface area contributed by atoms with Crippen LogP contribution in [0.1, 0.15) is 38.5 Å². The summed E-state index contributed by atoms with van der Waals surface area (Å²) in [6, 6.07) is 0. The van der Waals surface area contributed by atoms with Crippen molar-refractivity contribution in [3.8, 4) is 0 Å². The summed E-state index contributed by atoms with van der Waals surface area (Å²) < 4.78 is 32.6. The van der Waals surface area contributed by atoms with E-state index in [0.29, 0.717) is 24.8 Å². The van der Waals surface area contributed by atoms with E-state index < -0.39 is 10.0 Å². The van der Waals surface area contributed by atoms with Gasteiger partial charge in [0, 0.05) is 19.1 Å². The highest BCUT2D eigenvalue weighted by molar-refractivity contribution is 7.89. The Balaban J connectivity index is 1.87. The summed E-state index contributed by atoms with van der Waals surface area (Å²) in [5.41, 5.74) is -0.0389. The van der Waals surface area contributed by atoms with Crippen LogP contribution in [0.4, 0.5) is 0 Å². The summed E-state index contributed by atoms with van der Waals surface area (Å²) in [6.45, 7) is 3.01. The molecular weight excluding hydrogens is 276 g/mol. The average Bonchev–Trinajstić information content (AvgIpc) is 2.90. The summed E-state index contributed by atoms with van der Waals surface area (Å²) >= 11 is 0. The third-order valence-electron chi connectivity index (χ3n) is 4.71. The predicted octanol–water partition coefficient (Wildman–Crippen LogP) is 1.11. The molecule has 1 aliphatic heterocycles. The van der Waals surface area contributed by atoms with E-state index in [2.05, 4.69) is 10.0 Å². The van der Waals surface area contributed by atoms with Crippen molar-refractivity contribution in [2.75, 3.05) is 39.1 Å². The highest BCUT2D eigenvalue weighted by Gasteiger charge is 2.33. The molecule has 0 spiro atoms. The van der Waals surface area contributed by atoms with Crippen molar-refractivity contribution in [3.05, 3.63) is 0 Å². The Morgan fingerprint density at radius 3 is 2.50 bits per heavy atom. The number of ether oxygens (including phenoxy) is 1. The van der Waals surface area contributed by atoms with Gasteiger partial charge >= 0.3 is 0 Å². The topological polar surface area (TPSA) is 67.4 Å². The van der Waals surface area contributed by atoms with Gasteiger partial charge in [0.15, 0.2) is 0 Å². The van der Waals surface area contributed by atoms with Crippen LogP contribution in [0.2, 0.25) is 0 Å². The van der Waals surface area contributed by atoms with Gasteiger partial charge in [-0.05, 0) is 44.7 Å². The molecule has 2 N–H and O–H groups in total. The number of piperidine rings is 1. The van der Waals surface area contributed by atoms with Gasteiger partial charge in [0.05, 0.1) is 12.4 Å². The number of hydrogen-bond donors (Lipinski definition) is 2. The Bertz CT molecular complexity index is 380. The molecular formula is C14H28N2O3S. The zero-order valence-electron chi connectivity index (χ0n) is 12.5. The highest BCUT2D eigenvalue weighted by atomic mass is 32.2. The molecule has 0 atom stereocenters. The summed E-state index contributed by atoms with van der Waals surface area (Å²) in [4.78, 5) is 0. The lowest BCUT2D eigenvalue weighted by molar-refractivity contribution is 0.0577. The lowest BCUT2D eigenvalue weighted by Crippen LogP contribution is -2.47. The number of hydrogen-bond acceptors (Lipinski definition) is 4. The molecule has 0 aromatic carbocycles. The highest BCUT2D eigenvalue weighted by Crippen LogP contribution is 2.29. The number of nitrogens with one attached hydrogen (secondary N) is 2. The number of sulfonamides is 1. The normalized spacial score (nSPS) is 24.1. The Morgan fingerprint density at radius 1 is 1.25 bits per heavy atom. The molecule has 2 rings (SSSR count). The second kappa shape index (κ2) is 7.20. The minimum Gasteiger partial charge on any atom is -0.384 e. The maximum Gasteiger partial charge on any atom is 0.211 e. The van der Waals surface area contributed by atoms with E-state index >= 15 is 0 Å². The fourth-order valence-corrected chi connectivity index (χ4v) is 5.04. The van der Waals surface area contributed by atoms with Crippen LogP contribution >= 0.6 is 0 Å². The standard InChI is InChI=1S/C14H28N2O3S/c1-19-12-14(6-8-15-9-7-14)11-16-20(17,18)10-13-4-2-3-5-13/h13,15-16H,2-12H2,1H3. The van der Waals surface area contributed by atoms with Gasteiger partial charge in [0.1, 0.15) is 0 Å². The minimum atomic E-state index is -3.15. The predicted molar refractivity (Wildman–Crippen MR) is 80.2 cm³/mol. The quantitative estimate of drug-likeness (QED) is 0.739. The molecule has 118 valence electrons. The molecule has 1 saturated heterocycles. The maximum absolute atomic E-state index is 12.2. The molecule has 0 bridgehead atoms. The largest absolute Gasteiger partial charge is 0.384 e. The third kappa shape index (κ3) is 4.69. The van der Waals surface area contributed by atoms with Crippen molar-refractivity contribution < 1.29 is 13.2 Å². The lowest BCUT2D eigenvalue weighted by atomic mass is 9.80. The van der Waals surface area contributed by atoms with Crippen molar-refractivity contribution in [3.63, 3.8) is 0 Å². The van der Waals surface area contributed by atoms with Crippen LogP contribution in [0.15, 0.2) is 0 Å². The van der Waals surface area contributed by atoms with E-state index in [0.717, 1.165) is 38.8 Å². The molecule has 1 aliphatic carbocycles. The first-order valence-corrected chi connectivity index (χ1v) is 9.37. The molecule has 5 nitrogen and oxygen atoms in total. The van der Waals surface area contributed by atoms with E-state index in [-0.39, 0.29) is 5.41 Å². The molecule has 1 saturated carbocycles. The zero-order valence-corrected chi connectivity index (χ0v) is 13.3. The molecule has 20 heavy (non-hydrogen) atoms. The van der Waals surface area contributed by atoms with E-state index in [1.165, 1.54) is 12.8 Å². The Hall–Kier alpha value is -0.170. The molecule has 0 aromatic rings. The van der Waals surface area contributed by atoms with E-state index in [4.69, 9.17) is 4.74 Å². The van der Waals surface area contributed by atoms with Gasteiger partial charge in [-0.3, -0.25) is 0 Å². The fourth-order valence-electron chi connectivity index (χ4n) is 3.44. The van der Waals surface area contributed by atoms with E-state index in [1.54, 1.807) is 7.11 Å². The Morgan fingerprint density at radius 2 is 1.90 bits per heavy atom. The molecule has 2 aliphatic rings. The minimum absolute atomic E-state index is 0.0389. The molecule has 0 amide bonds. The second-order valence-electron chi connectivity index (χ2n) is 6.44. The van der Waals surface area contributed by atoms with Crippen LogP contribution in [-0.4, -0.2) is 47.5 Å². The monoisotopic (exact) mass is 304 g/mol. The SMILES string of the molecule is COCC1(CNS(=O)(=O)CC2CCCC2)CCNCC1. The van der Waals surface area contributed by atoms with Crippen LogP contribution in [0, 0.1) is 11.3 Å². The third-order valence-corrected chi connectivity index (χ3v) is 6.21. The van der Waals surface area contributed by atoms with E-state index in [1.807, 2.05) is 0 Å². The van der Waals surface area contributed by atoms with Crippen LogP contribution in [0.3, 0.4) is 0 Å². The molecule has 0 unspecified atom stereocenters. The summed E-state index contributed by atoms with van der Waals surface area (Å²) in [6.07, 6.45) is 6.42.